The van der Waals surface area contributed by atoms with Crippen molar-refractivity contribution in [1.29, 1.82) is 0 Å². The standard InChI is InChI=1S/C23H27F3N2O5/c1-13-11-16(23(24,25)26)18(19(29)28(13)5)15-9-7-14(8-10-15)12-17(20(30)32-6)27-21(31)33-22(2,3)4/h7-11,17H,12H2,1-6H3,(H,27,31)/t17-/m0/s1. The van der Waals surface area contributed by atoms with E-state index in [4.69, 9.17) is 9.47 Å². The quantitative estimate of drug-likeness (QED) is 0.671. The number of benzene rings is 1. The van der Waals surface area contributed by atoms with Gasteiger partial charge in [0.15, 0.2) is 0 Å². The second-order valence-corrected chi connectivity index (χ2v) is 8.56. The van der Waals surface area contributed by atoms with Gasteiger partial charge in [0.1, 0.15) is 11.6 Å². The van der Waals surface area contributed by atoms with E-state index in [1.54, 1.807) is 20.8 Å². The van der Waals surface area contributed by atoms with E-state index >= 15 is 0 Å². The normalized spacial score (nSPS) is 12.8. The number of nitrogens with one attached hydrogen (secondary N) is 1. The van der Waals surface area contributed by atoms with Crippen molar-refractivity contribution in [2.45, 2.75) is 51.9 Å². The largest absolute Gasteiger partial charge is 0.467 e. The van der Waals surface area contributed by atoms with Gasteiger partial charge in [-0.2, -0.15) is 13.2 Å². The molecule has 0 unspecified atom stereocenters. The predicted octanol–water partition coefficient (Wildman–Crippen LogP) is 3.99. The van der Waals surface area contributed by atoms with Gasteiger partial charge in [-0.1, -0.05) is 24.3 Å². The fraction of sp³-hybridized carbons (Fsp3) is 0.435. The molecule has 0 bridgehead atoms. The molecule has 1 aromatic heterocycles. The van der Waals surface area contributed by atoms with Gasteiger partial charge in [-0.05, 0) is 44.9 Å². The molecule has 1 heterocycles. The van der Waals surface area contributed by atoms with Crippen molar-refractivity contribution < 1.29 is 32.2 Å². The molecule has 2 rings (SSSR count). The second kappa shape index (κ2) is 9.68. The minimum absolute atomic E-state index is 0.00420. The number of hydrogen-bond acceptors (Lipinski definition) is 5. The Morgan fingerprint density at radius 2 is 1.70 bits per heavy atom. The molecule has 33 heavy (non-hydrogen) atoms. The van der Waals surface area contributed by atoms with Crippen molar-refractivity contribution in [3.8, 4) is 11.1 Å². The lowest BCUT2D eigenvalue weighted by molar-refractivity contribution is -0.143. The third-order valence-corrected chi connectivity index (χ3v) is 4.83. The lowest BCUT2D eigenvalue weighted by Gasteiger charge is -2.22. The van der Waals surface area contributed by atoms with Gasteiger partial charge in [0.2, 0.25) is 0 Å². The maximum absolute atomic E-state index is 13.6. The molecule has 1 amide bonds. The minimum Gasteiger partial charge on any atom is -0.467 e. The van der Waals surface area contributed by atoms with Crippen LogP contribution in [0, 0.1) is 6.92 Å². The summed E-state index contributed by atoms with van der Waals surface area (Å²) < 4.78 is 51.8. The van der Waals surface area contributed by atoms with Crippen LogP contribution in [0.25, 0.3) is 11.1 Å². The number of esters is 1. The number of ether oxygens (including phenoxy) is 2. The van der Waals surface area contributed by atoms with E-state index in [0.29, 0.717) is 5.56 Å². The monoisotopic (exact) mass is 468 g/mol. The fourth-order valence-corrected chi connectivity index (χ4v) is 3.15. The average Bonchev–Trinajstić information content (AvgIpc) is 2.69. The van der Waals surface area contributed by atoms with Crippen molar-refractivity contribution in [1.82, 2.24) is 9.88 Å². The molecule has 1 N–H and O–H groups in total. The molecule has 0 aliphatic heterocycles. The number of nitrogens with zero attached hydrogens (tertiary/aromatic N) is 1. The number of methoxy groups -OCH3 is 1. The van der Waals surface area contributed by atoms with Gasteiger partial charge in [0, 0.05) is 19.2 Å². The van der Waals surface area contributed by atoms with Gasteiger partial charge < -0.3 is 19.4 Å². The Morgan fingerprint density at radius 1 is 1.12 bits per heavy atom. The molecule has 2 aromatic rings. The Bertz CT molecular complexity index is 1080. The summed E-state index contributed by atoms with van der Waals surface area (Å²) in [4.78, 5) is 36.8. The lowest BCUT2D eigenvalue weighted by atomic mass is 9.97. The first-order valence-corrected chi connectivity index (χ1v) is 10.1. The van der Waals surface area contributed by atoms with Gasteiger partial charge in [0.05, 0.1) is 18.2 Å². The summed E-state index contributed by atoms with van der Waals surface area (Å²) in [7, 11) is 2.57. The van der Waals surface area contributed by atoms with E-state index in [2.05, 4.69) is 5.32 Å². The Labute approximate surface area is 189 Å². The van der Waals surface area contributed by atoms with Crippen LogP contribution in [-0.2, 0) is 33.9 Å². The molecule has 0 saturated heterocycles. The summed E-state index contributed by atoms with van der Waals surface area (Å²) in [5.74, 6) is -0.711. The number of aromatic nitrogens is 1. The second-order valence-electron chi connectivity index (χ2n) is 8.56. The van der Waals surface area contributed by atoms with Crippen molar-refractivity contribution in [2.24, 2.45) is 7.05 Å². The van der Waals surface area contributed by atoms with Crippen molar-refractivity contribution in [3.05, 3.63) is 57.5 Å². The number of carbonyl (C=O) groups excluding carboxylic acids is 2. The van der Waals surface area contributed by atoms with E-state index < -0.39 is 46.6 Å². The van der Waals surface area contributed by atoms with Crippen LogP contribution in [0.3, 0.4) is 0 Å². The number of pyridine rings is 1. The summed E-state index contributed by atoms with van der Waals surface area (Å²) >= 11 is 0. The highest BCUT2D eigenvalue weighted by atomic mass is 19.4. The number of amides is 1. The molecule has 0 spiro atoms. The molecule has 0 radical (unpaired) electrons. The van der Waals surface area contributed by atoms with Crippen molar-refractivity contribution in [2.75, 3.05) is 7.11 Å². The molecule has 0 aliphatic carbocycles. The predicted molar refractivity (Wildman–Crippen MR) is 116 cm³/mol. The third kappa shape index (κ3) is 6.59. The number of aryl methyl sites for hydroxylation is 1. The summed E-state index contributed by atoms with van der Waals surface area (Å²) in [5, 5.41) is 2.43. The topological polar surface area (TPSA) is 86.6 Å². The first-order valence-electron chi connectivity index (χ1n) is 10.1. The third-order valence-electron chi connectivity index (χ3n) is 4.83. The number of alkyl halides is 3. The first kappa shape index (κ1) is 26.0. The molecule has 0 fully saturated rings. The van der Waals surface area contributed by atoms with Crippen LogP contribution in [-0.4, -0.2) is 35.4 Å². The average molecular weight is 468 g/mol. The smallest absolute Gasteiger partial charge is 0.417 e. The van der Waals surface area contributed by atoms with Crippen LogP contribution in [0.15, 0.2) is 35.1 Å². The van der Waals surface area contributed by atoms with E-state index in [1.165, 1.54) is 45.3 Å². The SMILES string of the molecule is COC(=O)[C@H](Cc1ccc(-c2c(C(F)(F)F)cc(C)n(C)c2=O)cc1)NC(=O)OC(C)(C)C. The highest BCUT2D eigenvalue weighted by Gasteiger charge is 2.36. The lowest BCUT2D eigenvalue weighted by Crippen LogP contribution is -2.45. The van der Waals surface area contributed by atoms with Crippen molar-refractivity contribution in [3.63, 3.8) is 0 Å². The van der Waals surface area contributed by atoms with Gasteiger partial charge in [-0.3, -0.25) is 4.79 Å². The summed E-state index contributed by atoms with van der Waals surface area (Å²) in [6, 6.07) is 5.58. The molecular weight excluding hydrogens is 441 g/mol. The number of rotatable bonds is 5. The number of carbonyl (C=O) groups is 2. The summed E-state index contributed by atoms with van der Waals surface area (Å²) in [6.45, 7) is 6.43. The molecule has 1 aromatic carbocycles. The molecule has 7 nitrogen and oxygen atoms in total. The highest BCUT2D eigenvalue weighted by molar-refractivity contribution is 5.81. The van der Waals surface area contributed by atoms with Crippen LogP contribution in [0.1, 0.15) is 37.6 Å². The van der Waals surface area contributed by atoms with E-state index in [0.717, 1.165) is 10.6 Å². The van der Waals surface area contributed by atoms with E-state index in [-0.39, 0.29) is 17.7 Å². The zero-order valence-electron chi connectivity index (χ0n) is 19.3. The van der Waals surface area contributed by atoms with Gasteiger partial charge in [0.25, 0.3) is 5.56 Å². The Balaban J connectivity index is 2.36. The molecule has 0 saturated carbocycles. The summed E-state index contributed by atoms with van der Waals surface area (Å²) in [5.41, 5.74) is -2.23. The molecule has 0 aliphatic rings. The number of hydrogen-bond donors (Lipinski definition) is 1. The Hall–Kier alpha value is -3.30. The minimum atomic E-state index is -4.71. The Morgan fingerprint density at radius 3 is 2.18 bits per heavy atom. The van der Waals surface area contributed by atoms with Gasteiger partial charge in [-0.25, -0.2) is 9.59 Å². The molecule has 1 atom stereocenters. The summed E-state index contributed by atoms with van der Waals surface area (Å²) in [6.07, 6.45) is -5.52. The molecular formula is C23H27F3N2O5. The highest BCUT2D eigenvalue weighted by Crippen LogP contribution is 2.35. The first-order chi connectivity index (χ1) is 15.1. The van der Waals surface area contributed by atoms with Crippen LogP contribution in [0.2, 0.25) is 0 Å². The zero-order valence-corrected chi connectivity index (χ0v) is 19.3. The zero-order chi connectivity index (χ0) is 25.1. The number of alkyl carbamates (subject to hydrolysis) is 1. The maximum Gasteiger partial charge on any atom is 0.417 e. The van der Waals surface area contributed by atoms with Crippen molar-refractivity contribution >= 4 is 12.1 Å². The van der Waals surface area contributed by atoms with Crippen LogP contribution in [0.5, 0.6) is 0 Å². The molecule has 10 heteroatoms. The number of halogens is 3. The fourth-order valence-electron chi connectivity index (χ4n) is 3.15. The van der Waals surface area contributed by atoms with E-state index in [9.17, 15) is 27.6 Å². The van der Waals surface area contributed by atoms with Crippen LogP contribution < -0.4 is 10.9 Å². The Kier molecular flexibility index (Phi) is 7.61. The van der Waals surface area contributed by atoms with Crippen LogP contribution >= 0.6 is 0 Å². The van der Waals surface area contributed by atoms with Crippen LogP contribution in [0.4, 0.5) is 18.0 Å². The van der Waals surface area contributed by atoms with E-state index in [1.807, 2.05) is 0 Å². The van der Waals surface area contributed by atoms with Gasteiger partial charge in [-0.15, -0.1) is 0 Å². The maximum atomic E-state index is 13.6. The molecule has 180 valence electrons. The van der Waals surface area contributed by atoms with Gasteiger partial charge >= 0.3 is 18.2 Å².